The second-order valence-electron chi connectivity index (χ2n) is 5.83. The predicted molar refractivity (Wildman–Crippen MR) is 91.5 cm³/mol. The van der Waals surface area contributed by atoms with Gasteiger partial charge in [-0.05, 0) is 61.5 Å². The summed E-state index contributed by atoms with van der Waals surface area (Å²) in [7, 11) is 0. The third-order valence-corrected chi connectivity index (χ3v) is 5.12. The number of nitrogens with one attached hydrogen (secondary N) is 2. The molecule has 3 rings (SSSR count). The largest absolute Gasteiger partial charge is 0.507 e. The van der Waals surface area contributed by atoms with Crippen molar-refractivity contribution in [3.05, 3.63) is 28.2 Å². The molecule has 2 saturated carbocycles. The van der Waals surface area contributed by atoms with E-state index < -0.39 is 0 Å². The molecule has 0 unspecified atom stereocenters. The number of thiocarbonyl (C=S) groups is 1. The first-order valence-corrected chi connectivity index (χ1v) is 8.40. The summed E-state index contributed by atoms with van der Waals surface area (Å²) in [4.78, 5) is 0. The monoisotopic (exact) mass is 367 g/mol. The number of benzene rings is 1. The lowest BCUT2D eigenvalue weighted by Gasteiger charge is -2.23. The van der Waals surface area contributed by atoms with E-state index >= 15 is 0 Å². The van der Waals surface area contributed by atoms with Gasteiger partial charge in [-0.2, -0.15) is 5.10 Å². The second kappa shape index (κ2) is 6.32. The van der Waals surface area contributed by atoms with Gasteiger partial charge in [0.2, 0.25) is 0 Å². The van der Waals surface area contributed by atoms with Crippen molar-refractivity contribution in [3.63, 3.8) is 0 Å². The van der Waals surface area contributed by atoms with E-state index in [0.717, 1.165) is 16.3 Å². The van der Waals surface area contributed by atoms with Crippen molar-refractivity contribution in [2.75, 3.05) is 0 Å². The number of fused-ring (bicyclic) bond motifs is 2. The van der Waals surface area contributed by atoms with Crippen molar-refractivity contribution in [1.29, 1.82) is 0 Å². The van der Waals surface area contributed by atoms with Crippen LogP contribution >= 0.6 is 28.1 Å². The Morgan fingerprint density at radius 1 is 1.38 bits per heavy atom. The highest BCUT2D eigenvalue weighted by Crippen LogP contribution is 2.44. The molecule has 112 valence electrons. The molecule has 0 saturated heterocycles. The Labute approximate surface area is 138 Å². The normalized spacial score (nSPS) is 27.2. The fourth-order valence-corrected chi connectivity index (χ4v) is 3.99. The van der Waals surface area contributed by atoms with Crippen molar-refractivity contribution in [3.8, 4) is 5.75 Å². The Kier molecular flexibility index (Phi) is 4.45. The number of phenols is 1. The van der Waals surface area contributed by atoms with Crippen LogP contribution < -0.4 is 10.7 Å². The van der Waals surface area contributed by atoms with Gasteiger partial charge < -0.3 is 10.4 Å². The number of phenolic OH excluding ortho intramolecular Hbond substituents is 1. The van der Waals surface area contributed by atoms with Crippen molar-refractivity contribution >= 4 is 39.5 Å². The summed E-state index contributed by atoms with van der Waals surface area (Å²) in [6, 6.07) is 5.70. The summed E-state index contributed by atoms with van der Waals surface area (Å²) in [5.74, 6) is 1.85. The van der Waals surface area contributed by atoms with Crippen LogP contribution in [0, 0.1) is 11.8 Å². The lowest BCUT2D eigenvalue weighted by molar-refractivity contribution is 0.389. The standard InChI is InChI=1S/C15H18BrN3OS/c16-12-3-4-14(20)11(7-12)8-17-19-15(21)18-13-6-9-1-2-10(13)5-9/h3-4,7-10,13,20H,1-2,5-6H2,(H2,18,19,21)/b17-8-/t9-,10+,13+/m0/s1. The molecule has 3 N–H and O–H groups in total. The third kappa shape index (κ3) is 3.55. The quantitative estimate of drug-likeness (QED) is 0.436. The summed E-state index contributed by atoms with van der Waals surface area (Å²) >= 11 is 8.64. The highest BCUT2D eigenvalue weighted by atomic mass is 79.9. The molecule has 0 amide bonds. The van der Waals surface area contributed by atoms with Crippen LogP contribution in [0.25, 0.3) is 0 Å². The molecular weight excluding hydrogens is 350 g/mol. The molecule has 4 nitrogen and oxygen atoms in total. The van der Waals surface area contributed by atoms with Crippen LogP contribution in [0.15, 0.2) is 27.8 Å². The number of rotatable bonds is 3. The number of nitrogens with zero attached hydrogens (tertiary/aromatic N) is 1. The molecule has 0 aromatic heterocycles. The van der Waals surface area contributed by atoms with Gasteiger partial charge in [0.05, 0.1) is 6.21 Å². The lowest BCUT2D eigenvalue weighted by Crippen LogP contribution is -2.42. The van der Waals surface area contributed by atoms with Crippen molar-refractivity contribution in [2.24, 2.45) is 16.9 Å². The third-order valence-electron chi connectivity index (χ3n) is 4.41. The Morgan fingerprint density at radius 3 is 2.95 bits per heavy atom. The van der Waals surface area contributed by atoms with Gasteiger partial charge in [0.1, 0.15) is 5.75 Å². The summed E-state index contributed by atoms with van der Waals surface area (Å²) in [6.07, 6.45) is 6.83. The van der Waals surface area contributed by atoms with Gasteiger partial charge in [0.15, 0.2) is 5.11 Å². The average Bonchev–Trinajstić information content (AvgIpc) is 3.05. The second-order valence-corrected chi connectivity index (χ2v) is 7.15. The highest BCUT2D eigenvalue weighted by Gasteiger charge is 2.39. The zero-order chi connectivity index (χ0) is 14.8. The van der Waals surface area contributed by atoms with Gasteiger partial charge in [0, 0.05) is 16.1 Å². The average molecular weight is 368 g/mol. The van der Waals surface area contributed by atoms with Gasteiger partial charge in [-0.3, -0.25) is 5.43 Å². The minimum atomic E-state index is 0.190. The van der Waals surface area contributed by atoms with Gasteiger partial charge in [-0.25, -0.2) is 0 Å². The van der Waals surface area contributed by atoms with Crippen LogP contribution in [0.2, 0.25) is 0 Å². The van der Waals surface area contributed by atoms with Gasteiger partial charge in [-0.1, -0.05) is 22.4 Å². The van der Waals surface area contributed by atoms with Crippen LogP contribution in [0.5, 0.6) is 5.75 Å². The Bertz CT molecular complexity index is 578. The van der Waals surface area contributed by atoms with E-state index in [9.17, 15) is 5.11 Å². The van der Waals surface area contributed by atoms with Crippen molar-refractivity contribution in [2.45, 2.75) is 31.7 Å². The fourth-order valence-electron chi connectivity index (χ4n) is 3.41. The summed E-state index contributed by atoms with van der Waals surface area (Å²) in [5, 5.41) is 17.7. The van der Waals surface area contributed by atoms with Gasteiger partial charge in [0.25, 0.3) is 0 Å². The SMILES string of the molecule is Oc1ccc(Br)cc1/C=N\NC(=S)N[C@@H]1C[C@H]2CC[C@@H]1C2. The van der Waals surface area contributed by atoms with E-state index in [1.165, 1.54) is 25.7 Å². The van der Waals surface area contributed by atoms with E-state index in [-0.39, 0.29) is 5.75 Å². The molecule has 2 bridgehead atoms. The zero-order valence-corrected chi connectivity index (χ0v) is 14.0. The molecule has 2 aliphatic rings. The number of hydrogen-bond donors (Lipinski definition) is 3. The first-order chi connectivity index (χ1) is 10.1. The van der Waals surface area contributed by atoms with Gasteiger partial charge >= 0.3 is 0 Å². The Balaban J connectivity index is 1.51. The van der Waals surface area contributed by atoms with Crippen molar-refractivity contribution in [1.82, 2.24) is 10.7 Å². The predicted octanol–water partition coefficient (Wildman–Crippen LogP) is 3.14. The zero-order valence-electron chi connectivity index (χ0n) is 11.6. The molecule has 21 heavy (non-hydrogen) atoms. The van der Waals surface area contributed by atoms with E-state index in [4.69, 9.17) is 12.2 Å². The summed E-state index contributed by atoms with van der Waals surface area (Å²) in [5.41, 5.74) is 3.47. The van der Waals surface area contributed by atoms with E-state index in [0.29, 0.717) is 16.7 Å². The molecule has 1 aromatic carbocycles. The Morgan fingerprint density at radius 2 is 2.24 bits per heavy atom. The molecular formula is C15H18BrN3OS. The maximum Gasteiger partial charge on any atom is 0.187 e. The maximum atomic E-state index is 9.71. The molecule has 0 heterocycles. The molecule has 0 spiro atoms. The topological polar surface area (TPSA) is 56.7 Å². The van der Waals surface area contributed by atoms with Crippen LogP contribution in [-0.4, -0.2) is 22.5 Å². The number of aromatic hydroxyl groups is 1. The maximum absolute atomic E-state index is 9.71. The Hall–Kier alpha value is -1.14. The molecule has 2 aliphatic carbocycles. The van der Waals surface area contributed by atoms with Crippen LogP contribution in [0.1, 0.15) is 31.2 Å². The lowest BCUT2D eigenvalue weighted by atomic mass is 9.96. The molecule has 0 radical (unpaired) electrons. The van der Waals surface area contributed by atoms with Gasteiger partial charge in [-0.15, -0.1) is 0 Å². The number of hydrogen-bond acceptors (Lipinski definition) is 3. The first-order valence-electron chi connectivity index (χ1n) is 7.20. The van der Waals surface area contributed by atoms with Crippen LogP contribution in [0.3, 0.4) is 0 Å². The van der Waals surface area contributed by atoms with E-state index in [2.05, 4.69) is 31.8 Å². The fraction of sp³-hybridized carbons (Fsp3) is 0.467. The minimum absolute atomic E-state index is 0.190. The molecule has 2 fully saturated rings. The molecule has 6 heteroatoms. The number of hydrazone groups is 1. The number of halogens is 1. The minimum Gasteiger partial charge on any atom is -0.507 e. The van der Waals surface area contributed by atoms with E-state index in [1.54, 1.807) is 24.4 Å². The van der Waals surface area contributed by atoms with Crippen LogP contribution in [-0.2, 0) is 0 Å². The molecule has 3 atom stereocenters. The first kappa shape index (κ1) is 14.8. The molecule has 1 aromatic rings. The van der Waals surface area contributed by atoms with Crippen molar-refractivity contribution < 1.29 is 5.11 Å². The molecule has 0 aliphatic heterocycles. The van der Waals surface area contributed by atoms with E-state index in [1.807, 2.05) is 0 Å². The van der Waals surface area contributed by atoms with Crippen LogP contribution in [0.4, 0.5) is 0 Å². The summed E-state index contributed by atoms with van der Waals surface area (Å²) < 4.78 is 0.893. The highest BCUT2D eigenvalue weighted by molar-refractivity contribution is 9.10. The summed E-state index contributed by atoms with van der Waals surface area (Å²) in [6.45, 7) is 0. The smallest absolute Gasteiger partial charge is 0.187 e.